The first-order chi connectivity index (χ1) is 9.24. The van der Waals surface area contributed by atoms with Gasteiger partial charge in [-0.25, -0.2) is 0 Å². The van der Waals surface area contributed by atoms with E-state index in [1.165, 1.54) is 43.9 Å². The number of hydrogen-bond donors (Lipinski definition) is 1. The van der Waals surface area contributed by atoms with Gasteiger partial charge in [-0.15, -0.1) is 0 Å². The summed E-state index contributed by atoms with van der Waals surface area (Å²) in [6.45, 7) is 8.33. The topological polar surface area (TPSA) is 18.5 Å². The van der Waals surface area contributed by atoms with Crippen LogP contribution in [0.4, 0.5) is 5.69 Å². The molecule has 0 radical (unpaired) electrons. The molecule has 1 aromatic carbocycles. The second-order valence-corrected chi connectivity index (χ2v) is 6.12. The van der Waals surface area contributed by atoms with E-state index in [0.717, 1.165) is 6.54 Å². The molecule has 2 unspecified atom stereocenters. The Morgan fingerprint density at radius 3 is 3.00 bits per heavy atom. The maximum absolute atomic E-state index is 3.54. The SMILES string of the molecule is CC1CN(C)CCCN1CC1CNc2ccccc21. The zero-order chi connectivity index (χ0) is 13.2. The van der Waals surface area contributed by atoms with Gasteiger partial charge < -0.3 is 10.2 Å². The van der Waals surface area contributed by atoms with Gasteiger partial charge in [0.2, 0.25) is 0 Å². The van der Waals surface area contributed by atoms with Crippen LogP contribution in [-0.4, -0.2) is 55.6 Å². The average Bonchev–Trinajstić information content (AvgIpc) is 2.73. The third-order valence-corrected chi connectivity index (χ3v) is 4.58. The van der Waals surface area contributed by atoms with E-state index in [-0.39, 0.29) is 0 Å². The van der Waals surface area contributed by atoms with Crippen molar-refractivity contribution in [1.82, 2.24) is 9.80 Å². The summed E-state index contributed by atoms with van der Waals surface area (Å²) in [6.07, 6.45) is 1.29. The highest BCUT2D eigenvalue weighted by molar-refractivity contribution is 5.57. The van der Waals surface area contributed by atoms with E-state index in [4.69, 9.17) is 0 Å². The molecule has 0 aromatic heterocycles. The van der Waals surface area contributed by atoms with E-state index >= 15 is 0 Å². The number of hydrogen-bond acceptors (Lipinski definition) is 3. The largest absolute Gasteiger partial charge is 0.384 e. The first kappa shape index (κ1) is 12.9. The quantitative estimate of drug-likeness (QED) is 0.878. The fraction of sp³-hybridized carbons (Fsp3) is 0.625. The molecule has 2 aliphatic rings. The number of rotatable bonds is 2. The van der Waals surface area contributed by atoms with Crippen LogP contribution < -0.4 is 5.32 Å². The average molecular weight is 259 g/mol. The van der Waals surface area contributed by atoms with Crippen LogP contribution in [0.3, 0.4) is 0 Å². The Hall–Kier alpha value is -1.06. The zero-order valence-electron chi connectivity index (χ0n) is 12.1. The Bertz CT molecular complexity index is 432. The highest BCUT2D eigenvalue weighted by Gasteiger charge is 2.27. The minimum absolute atomic E-state index is 0.655. The van der Waals surface area contributed by atoms with Crippen molar-refractivity contribution in [1.29, 1.82) is 0 Å². The molecule has 3 rings (SSSR count). The van der Waals surface area contributed by atoms with E-state index in [9.17, 15) is 0 Å². The normalized spacial score (nSPS) is 28.7. The molecule has 19 heavy (non-hydrogen) atoms. The smallest absolute Gasteiger partial charge is 0.0376 e. The van der Waals surface area contributed by atoms with Gasteiger partial charge in [-0.05, 0) is 45.1 Å². The Labute approximate surface area is 116 Å². The minimum atomic E-state index is 0.655. The Kier molecular flexibility index (Phi) is 3.76. The van der Waals surface area contributed by atoms with Gasteiger partial charge in [-0.3, -0.25) is 4.90 Å². The standard InChI is InChI=1S/C16H25N3/c1-13-11-18(2)8-5-9-19(13)12-14-10-17-16-7-4-3-6-15(14)16/h3-4,6-7,13-14,17H,5,8-12H2,1-2H3. The molecule has 0 spiro atoms. The van der Waals surface area contributed by atoms with E-state index in [1.54, 1.807) is 0 Å². The fourth-order valence-electron chi connectivity index (χ4n) is 3.50. The van der Waals surface area contributed by atoms with Crippen molar-refractivity contribution in [2.24, 2.45) is 0 Å². The number of benzene rings is 1. The van der Waals surface area contributed by atoms with Gasteiger partial charge in [0.05, 0.1) is 0 Å². The number of likely N-dealkylation sites (N-methyl/N-ethyl adjacent to an activating group) is 1. The summed E-state index contributed by atoms with van der Waals surface area (Å²) in [5.41, 5.74) is 2.85. The predicted molar refractivity (Wildman–Crippen MR) is 80.8 cm³/mol. The van der Waals surface area contributed by atoms with Gasteiger partial charge in [0, 0.05) is 37.3 Å². The fourth-order valence-corrected chi connectivity index (χ4v) is 3.50. The summed E-state index contributed by atoms with van der Waals surface area (Å²) in [5, 5.41) is 3.54. The number of anilines is 1. The van der Waals surface area contributed by atoms with Gasteiger partial charge in [0.15, 0.2) is 0 Å². The zero-order valence-corrected chi connectivity index (χ0v) is 12.1. The van der Waals surface area contributed by atoms with Crippen LogP contribution in [0, 0.1) is 0 Å². The van der Waals surface area contributed by atoms with Crippen molar-refractivity contribution in [2.45, 2.75) is 25.3 Å². The molecule has 2 heterocycles. The van der Waals surface area contributed by atoms with Crippen LogP contribution in [0.15, 0.2) is 24.3 Å². The second kappa shape index (κ2) is 5.51. The summed E-state index contributed by atoms with van der Waals surface area (Å²) in [4.78, 5) is 5.14. The molecule has 1 N–H and O–H groups in total. The van der Waals surface area contributed by atoms with Gasteiger partial charge in [0.1, 0.15) is 0 Å². The van der Waals surface area contributed by atoms with Crippen molar-refractivity contribution >= 4 is 5.69 Å². The number of nitrogens with one attached hydrogen (secondary N) is 1. The maximum Gasteiger partial charge on any atom is 0.0376 e. The van der Waals surface area contributed by atoms with E-state index in [0.29, 0.717) is 12.0 Å². The van der Waals surface area contributed by atoms with Crippen molar-refractivity contribution < 1.29 is 0 Å². The van der Waals surface area contributed by atoms with Crippen LogP contribution in [-0.2, 0) is 0 Å². The van der Waals surface area contributed by atoms with Gasteiger partial charge in [0.25, 0.3) is 0 Å². The minimum Gasteiger partial charge on any atom is -0.384 e. The number of para-hydroxylation sites is 1. The van der Waals surface area contributed by atoms with Crippen molar-refractivity contribution in [3.63, 3.8) is 0 Å². The molecular formula is C16H25N3. The first-order valence-corrected chi connectivity index (χ1v) is 7.49. The van der Waals surface area contributed by atoms with E-state index < -0.39 is 0 Å². The molecule has 1 fully saturated rings. The molecule has 0 aliphatic carbocycles. The maximum atomic E-state index is 3.54. The second-order valence-electron chi connectivity index (χ2n) is 6.12. The molecule has 1 saturated heterocycles. The molecular weight excluding hydrogens is 234 g/mol. The summed E-state index contributed by atoms with van der Waals surface area (Å²) in [7, 11) is 2.24. The predicted octanol–water partition coefficient (Wildman–Crippen LogP) is 2.22. The molecule has 0 amide bonds. The van der Waals surface area contributed by atoms with Crippen molar-refractivity contribution in [3.8, 4) is 0 Å². The molecule has 2 atom stereocenters. The van der Waals surface area contributed by atoms with Crippen molar-refractivity contribution in [3.05, 3.63) is 29.8 Å². The third kappa shape index (κ3) is 2.77. The first-order valence-electron chi connectivity index (χ1n) is 7.49. The third-order valence-electron chi connectivity index (χ3n) is 4.58. The monoisotopic (exact) mass is 259 g/mol. The molecule has 0 bridgehead atoms. The lowest BCUT2D eigenvalue weighted by molar-refractivity contribution is 0.194. The lowest BCUT2D eigenvalue weighted by Gasteiger charge is -2.30. The van der Waals surface area contributed by atoms with Crippen LogP contribution in [0.25, 0.3) is 0 Å². The number of nitrogens with zero attached hydrogens (tertiary/aromatic N) is 2. The Balaban J connectivity index is 1.68. The van der Waals surface area contributed by atoms with E-state index in [1.807, 2.05) is 0 Å². The van der Waals surface area contributed by atoms with Gasteiger partial charge in [-0.1, -0.05) is 18.2 Å². The number of fused-ring (bicyclic) bond motifs is 1. The van der Waals surface area contributed by atoms with E-state index in [2.05, 4.69) is 53.4 Å². The lowest BCUT2D eigenvalue weighted by Crippen LogP contribution is -2.40. The van der Waals surface area contributed by atoms with Gasteiger partial charge >= 0.3 is 0 Å². The summed E-state index contributed by atoms with van der Waals surface area (Å²) < 4.78 is 0. The van der Waals surface area contributed by atoms with Crippen molar-refractivity contribution in [2.75, 3.05) is 45.1 Å². The summed E-state index contributed by atoms with van der Waals surface area (Å²) in [5.74, 6) is 0.655. The highest BCUT2D eigenvalue weighted by Crippen LogP contribution is 2.32. The summed E-state index contributed by atoms with van der Waals surface area (Å²) >= 11 is 0. The van der Waals surface area contributed by atoms with Crippen LogP contribution in [0.2, 0.25) is 0 Å². The van der Waals surface area contributed by atoms with Crippen LogP contribution in [0.1, 0.15) is 24.8 Å². The molecule has 0 saturated carbocycles. The highest BCUT2D eigenvalue weighted by atomic mass is 15.2. The summed E-state index contributed by atoms with van der Waals surface area (Å²) in [6, 6.07) is 9.44. The molecule has 3 nitrogen and oxygen atoms in total. The Morgan fingerprint density at radius 2 is 2.11 bits per heavy atom. The Morgan fingerprint density at radius 1 is 1.26 bits per heavy atom. The molecule has 3 heteroatoms. The van der Waals surface area contributed by atoms with Gasteiger partial charge in [-0.2, -0.15) is 0 Å². The molecule has 1 aromatic rings. The lowest BCUT2D eigenvalue weighted by atomic mass is 10.00. The van der Waals surface area contributed by atoms with Crippen LogP contribution in [0.5, 0.6) is 0 Å². The molecule has 104 valence electrons. The van der Waals surface area contributed by atoms with Crippen LogP contribution >= 0.6 is 0 Å². The molecule has 2 aliphatic heterocycles.